The van der Waals surface area contributed by atoms with Gasteiger partial charge in [0.15, 0.2) is 0 Å². The highest BCUT2D eigenvalue weighted by atomic mass is 32.1. The van der Waals surface area contributed by atoms with Gasteiger partial charge in [0.2, 0.25) is 17.6 Å². The highest BCUT2D eigenvalue weighted by molar-refractivity contribution is 7.09. The van der Waals surface area contributed by atoms with Crippen LogP contribution >= 0.6 is 11.3 Å². The number of rotatable bonds is 15. The van der Waals surface area contributed by atoms with Crippen molar-refractivity contribution in [1.82, 2.24) is 31.2 Å². The normalized spacial score (nSPS) is 22.1. The van der Waals surface area contributed by atoms with Crippen LogP contribution in [0.3, 0.4) is 0 Å². The Balaban J connectivity index is 1.81. The molecule has 1 saturated carbocycles. The Bertz CT molecular complexity index is 1240. The van der Waals surface area contributed by atoms with Crippen molar-refractivity contribution >= 4 is 40.9 Å². The summed E-state index contributed by atoms with van der Waals surface area (Å²) in [6.45, 7) is 19.9. The molecule has 1 aliphatic carbocycles. The number of carbonyl (C=O) groups excluding carboxylic acids is 5. The molecule has 0 bridgehead atoms. The van der Waals surface area contributed by atoms with Crippen molar-refractivity contribution in [3.63, 3.8) is 0 Å². The Morgan fingerprint density at radius 3 is 2.40 bits per heavy atom. The molecule has 3 rings (SSSR count). The Morgan fingerprint density at radius 2 is 1.84 bits per heavy atom. The minimum Gasteiger partial charge on any atom is -0.346 e. The third-order valence-corrected chi connectivity index (χ3v) is 10.1. The number of nitrogens with one attached hydrogen (secondary N) is 4. The SMILES string of the molecule is C=CCNC(=O)C(=O)C(CCCC)NC(=O)[C@@H]1[C@@H]2[C@H](CN1C(=O)[C@@H](NC(=O)N[C@H](Cc1nccs1)C(C)C)C(C)(C)C)C2(C)C. The minimum atomic E-state index is -1.01. The van der Waals surface area contributed by atoms with E-state index in [9.17, 15) is 24.0 Å². The monoisotopic (exact) mass is 644 g/mol. The fourth-order valence-corrected chi connectivity index (χ4v) is 6.98. The quantitative estimate of drug-likeness (QED) is 0.170. The minimum absolute atomic E-state index is 0.101. The second kappa shape index (κ2) is 14.9. The fourth-order valence-electron chi connectivity index (χ4n) is 6.31. The van der Waals surface area contributed by atoms with Crippen LogP contribution in [-0.4, -0.2) is 76.7 Å². The molecule has 1 aliphatic heterocycles. The average Bonchev–Trinajstić information content (AvgIpc) is 3.39. The number of nitrogens with zero attached hydrogens (tertiary/aromatic N) is 2. The lowest BCUT2D eigenvalue weighted by Crippen LogP contribution is -2.62. The number of piperidine rings is 1. The molecule has 2 fully saturated rings. The highest BCUT2D eigenvalue weighted by Crippen LogP contribution is 2.65. The number of hydrogen-bond acceptors (Lipinski definition) is 7. The van der Waals surface area contributed by atoms with Crippen LogP contribution in [0.1, 0.15) is 79.7 Å². The zero-order valence-corrected chi connectivity index (χ0v) is 28.9. The van der Waals surface area contributed by atoms with Crippen molar-refractivity contribution in [1.29, 1.82) is 0 Å². The third-order valence-electron chi connectivity index (χ3n) is 9.26. The van der Waals surface area contributed by atoms with Gasteiger partial charge in [-0.15, -0.1) is 17.9 Å². The van der Waals surface area contributed by atoms with Crippen LogP contribution in [-0.2, 0) is 25.6 Å². The van der Waals surface area contributed by atoms with Gasteiger partial charge >= 0.3 is 6.03 Å². The maximum atomic E-state index is 14.3. The number of Topliss-reactive ketones (excluding diaryl/α,β-unsaturated/α-hetero) is 1. The van der Waals surface area contributed by atoms with Crippen LogP contribution in [0.4, 0.5) is 4.79 Å². The van der Waals surface area contributed by atoms with E-state index in [0.717, 1.165) is 11.4 Å². The maximum absolute atomic E-state index is 14.3. The summed E-state index contributed by atoms with van der Waals surface area (Å²) >= 11 is 1.53. The lowest BCUT2D eigenvalue weighted by atomic mass is 9.85. The predicted octanol–water partition coefficient (Wildman–Crippen LogP) is 3.45. The summed E-state index contributed by atoms with van der Waals surface area (Å²) in [5.74, 6) is -2.16. The van der Waals surface area contributed by atoms with Crippen molar-refractivity contribution < 1.29 is 24.0 Å². The van der Waals surface area contributed by atoms with Gasteiger partial charge in [-0.1, -0.05) is 74.3 Å². The van der Waals surface area contributed by atoms with Crippen molar-refractivity contribution in [2.75, 3.05) is 13.1 Å². The summed E-state index contributed by atoms with van der Waals surface area (Å²) in [5.41, 5.74) is -0.825. The molecule has 0 aromatic carbocycles. The zero-order chi connectivity index (χ0) is 33.7. The van der Waals surface area contributed by atoms with Crippen LogP contribution in [0, 0.1) is 28.6 Å². The average molecular weight is 645 g/mol. The van der Waals surface area contributed by atoms with Crippen LogP contribution in [0.2, 0.25) is 0 Å². The van der Waals surface area contributed by atoms with Crippen molar-refractivity contribution in [3.05, 3.63) is 29.2 Å². The summed E-state index contributed by atoms with van der Waals surface area (Å²) in [6.07, 6.45) is 5.52. The molecule has 2 aliphatic rings. The van der Waals surface area contributed by atoms with E-state index in [1.165, 1.54) is 17.4 Å². The molecule has 0 radical (unpaired) electrons. The molecule has 5 amide bonds. The van der Waals surface area contributed by atoms with E-state index in [4.69, 9.17) is 0 Å². The molecule has 0 spiro atoms. The molecule has 250 valence electrons. The molecule has 1 aromatic heterocycles. The molecular weight excluding hydrogens is 592 g/mol. The Kier molecular flexibility index (Phi) is 12.0. The summed E-state index contributed by atoms with van der Waals surface area (Å²) in [4.78, 5) is 73.0. The van der Waals surface area contributed by atoms with Crippen molar-refractivity contribution in [3.8, 4) is 0 Å². The van der Waals surface area contributed by atoms with Crippen LogP contribution in [0.25, 0.3) is 0 Å². The second-order valence-corrected chi connectivity index (χ2v) is 15.3. The third kappa shape index (κ3) is 8.71. The largest absolute Gasteiger partial charge is 0.346 e. The number of ketones is 1. The van der Waals surface area contributed by atoms with Crippen LogP contribution in [0.5, 0.6) is 0 Å². The van der Waals surface area contributed by atoms with E-state index < -0.39 is 47.2 Å². The van der Waals surface area contributed by atoms with E-state index in [1.807, 2.05) is 46.9 Å². The Hall–Kier alpha value is -3.28. The topological polar surface area (TPSA) is 150 Å². The molecule has 1 aromatic rings. The number of fused-ring (bicyclic) bond motifs is 1. The number of carbonyl (C=O) groups is 5. The van der Waals surface area contributed by atoms with Gasteiger partial charge in [0.05, 0.1) is 11.0 Å². The van der Waals surface area contributed by atoms with E-state index in [1.54, 1.807) is 11.1 Å². The van der Waals surface area contributed by atoms with E-state index in [2.05, 4.69) is 46.7 Å². The summed E-state index contributed by atoms with van der Waals surface area (Å²) in [7, 11) is 0. The Labute approximate surface area is 271 Å². The molecule has 45 heavy (non-hydrogen) atoms. The number of aromatic nitrogens is 1. The summed E-state index contributed by atoms with van der Waals surface area (Å²) in [5, 5.41) is 14.1. The van der Waals surface area contributed by atoms with E-state index in [-0.39, 0.29) is 41.7 Å². The lowest BCUT2D eigenvalue weighted by Gasteiger charge is -2.38. The first-order chi connectivity index (χ1) is 21.0. The Morgan fingerprint density at radius 1 is 1.16 bits per heavy atom. The van der Waals surface area contributed by atoms with Gasteiger partial charge in [0.25, 0.3) is 5.91 Å². The molecule has 1 saturated heterocycles. The molecule has 11 nitrogen and oxygen atoms in total. The van der Waals surface area contributed by atoms with Gasteiger partial charge in [-0.3, -0.25) is 19.2 Å². The van der Waals surface area contributed by atoms with Gasteiger partial charge in [-0.25, -0.2) is 9.78 Å². The van der Waals surface area contributed by atoms with Crippen LogP contribution < -0.4 is 21.3 Å². The summed E-state index contributed by atoms with van der Waals surface area (Å²) < 4.78 is 0. The number of amides is 5. The second-order valence-electron chi connectivity index (χ2n) is 14.4. The number of urea groups is 1. The van der Waals surface area contributed by atoms with Gasteiger partial charge in [0, 0.05) is 37.1 Å². The number of hydrogen-bond donors (Lipinski definition) is 4. The first-order valence-electron chi connectivity index (χ1n) is 16.0. The van der Waals surface area contributed by atoms with Gasteiger partial charge < -0.3 is 26.2 Å². The summed E-state index contributed by atoms with van der Waals surface area (Å²) in [6, 6.07) is -3.39. The predicted molar refractivity (Wildman–Crippen MR) is 175 cm³/mol. The number of thiazole rings is 1. The fraction of sp³-hybridized carbons (Fsp3) is 0.697. The zero-order valence-electron chi connectivity index (χ0n) is 28.1. The molecule has 4 N–H and O–H groups in total. The molecule has 12 heteroatoms. The highest BCUT2D eigenvalue weighted by Gasteiger charge is 2.69. The van der Waals surface area contributed by atoms with Gasteiger partial charge in [-0.2, -0.15) is 0 Å². The lowest BCUT2D eigenvalue weighted by molar-refractivity contribution is -0.145. The first-order valence-corrected chi connectivity index (χ1v) is 16.9. The maximum Gasteiger partial charge on any atom is 0.315 e. The van der Waals surface area contributed by atoms with Gasteiger partial charge in [0.1, 0.15) is 12.1 Å². The molecule has 6 atom stereocenters. The van der Waals surface area contributed by atoms with Crippen molar-refractivity contribution in [2.24, 2.45) is 28.6 Å². The smallest absolute Gasteiger partial charge is 0.315 e. The number of likely N-dealkylation sites (tertiary alicyclic amines) is 1. The molecule has 1 unspecified atom stereocenters. The molecule has 2 heterocycles. The first kappa shape index (κ1) is 36.2. The van der Waals surface area contributed by atoms with E-state index >= 15 is 0 Å². The standard InChI is InChI=1S/C33H52N6O5S/c1-10-12-13-21(26(40)29(42)35-14-11-2)36-28(41)25-24-20(33(24,8)9)18-39(25)30(43)27(32(5,6)7)38-31(44)37-22(19(3)4)17-23-34-15-16-45-23/h11,15-16,19-22,24-25,27H,2,10,12-14,17-18H2,1,3-9H3,(H,35,42)(H,36,41)(H2,37,38,44)/t20-,21?,22+,24-,25-,27+/m0/s1. The van der Waals surface area contributed by atoms with Gasteiger partial charge in [-0.05, 0) is 35.0 Å². The molecular formula is C33H52N6O5S. The van der Waals surface area contributed by atoms with Crippen molar-refractivity contribution in [2.45, 2.75) is 105 Å². The van der Waals surface area contributed by atoms with Crippen LogP contribution in [0.15, 0.2) is 24.2 Å². The number of unbranched alkanes of at least 4 members (excludes halogenated alkanes) is 1. The van der Waals surface area contributed by atoms with E-state index in [0.29, 0.717) is 25.8 Å².